The lowest BCUT2D eigenvalue weighted by atomic mass is 9.86. The standard InChI is InChI=1S/C9H17/c1-2-6-9-7-4-3-5-8-9/h4,9H,2-3,5-8H2,1H3. The van der Waals surface area contributed by atoms with Gasteiger partial charge in [-0.2, -0.15) is 0 Å². The molecule has 53 valence electrons. The second-order valence-corrected chi connectivity index (χ2v) is 3.11. The minimum atomic E-state index is 1.05. The van der Waals surface area contributed by atoms with E-state index in [0.29, 0.717) is 0 Å². The van der Waals surface area contributed by atoms with Gasteiger partial charge in [-0.25, -0.2) is 0 Å². The van der Waals surface area contributed by atoms with Crippen molar-refractivity contribution in [3.05, 3.63) is 6.42 Å². The zero-order chi connectivity index (χ0) is 6.53. The minimum absolute atomic E-state index is 1.05. The Balaban J connectivity index is 2.08. The molecule has 1 aliphatic rings. The predicted octanol–water partition coefficient (Wildman–Crippen LogP) is 3.18. The Morgan fingerprint density at radius 3 is 3.00 bits per heavy atom. The van der Waals surface area contributed by atoms with Crippen molar-refractivity contribution in [1.82, 2.24) is 0 Å². The Bertz CT molecular complexity index is 57.7. The molecule has 0 amide bonds. The maximum absolute atomic E-state index is 2.46. The van der Waals surface area contributed by atoms with Gasteiger partial charge < -0.3 is 0 Å². The van der Waals surface area contributed by atoms with E-state index in [1.807, 2.05) is 0 Å². The summed E-state index contributed by atoms with van der Waals surface area (Å²) in [5, 5.41) is 0. The van der Waals surface area contributed by atoms with Crippen LogP contribution in [-0.4, -0.2) is 0 Å². The minimum Gasteiger partial charge on any atom is -0.0654 e. The first-order chi connectivity index (χ1) is 4.43. The highest BCUT2D eigenvalue weighted by Crippen LogP contribution is 2.26. The van der Waals surface area contributed by atoms with Gasteiger partial charge in [-0.15, -0.1) is 0 Å². The van der Waals surface area contributed by atoms with Crippen LogP contribution in [0.1, 0.15) is 45.4 Å². The average Bonchev–Trinajstić information content (AvgIpc) is 1.91. The molecule has 0 aromatic heterocycles. The molecule has 0 saturated heterocycles. The van der Waals surface area contributed by atoms with Gasteiger partial charge >= 0.3 is 0 Å². The normalized spacial score (nSPS) is 22.3. The van der Waals surface area contributed by atoms with Crippen LogP contribution in [0, 0.1) is 12.3 Å². The molecule has 1 atom stereocenters. The Labute approximate surface area is 58.7 Å². The van der Waals surface area contributed by atoms with E-state index in [1.165, 1.54) is 38.5 Å². The van der Waals surface area contributed by atoms with Crippen LogP contribution in [0.2, 0.25) is 0 Å². The summed E-state index contributed by atoms with van der Waals surface area (Å²) in [6, 6.07) is 0. The monoisotopic (exact) mass is 125 g/mol. The average molecular weight is 125 g/mol. The highest BCUT2D eigenvalue weighted by Gasteiger charge is 2.11. The van der Waals surface area contributed by atoms with E-state index in [0.717, 1.165) is 5.92 Å². The molecule has 0 aromatic carbocycles. The largest absolute Gasteiger partial charge is 0.0654 e. The van der Waals surface area contributed by atoms with E-state index in [9.17, 15) is 0 Å². The summed E-state index contributed by atoms with van der Waals surface area (Å²) in [4.78, 5) is 0. The van der Waals surface area contributed by atoms with E-state index in [2.05, 4.69) is 13.3 Å². The first kappa shape index (κ1) is 7.11. The summed E-state index contributed by atoms with van der Waals surface area (Å²) in [5.74, 6) is 1.05. The van der Waals surface area contributed by atoms with Crippen LogP contribution in [-0.2, 0) is 0 Å². The third-order valence-corrected chi connectivity index (χ3v) is 2.22. The Morgan fingerprint density at radius 1 is 1.56 bits per heavy atom. The van der Waals surface area contributed by atoms with Gasteiger partial charge in [0.2, 0.25) is 0 Å². The zero-order valence-electron chi connectivity index (χ0n) is 6.40. The summed E-state index contributed by atoms with van der Waals surface area (Å²) >= 11 is 0. The van der Waals surface area contributed by atoms with Gasteiger partial charge in [-0.05, 0) is 18.8 Å². The lowest BCUT2D eigenvalue weighted by molar-refractivity contribution is 0.385. The van der Waals surface area contributed by atoms with Crippen molar-refractivity contribution in [2.75, 3.05) is 0 Å². The van der Waals surface area contributed by atoms with Gasteiger partial charge in [-0.3, -0.25) is 0 Å². The van der Waals surface area contributed by atoms with Gasteiger partial charge in [0.15, 0.2) is 0 Å². The maximum atomic E-state index is 2.46. The second-order valence-electron chi connectivity index (χ2n) is 3.11. The summed E-state index contributed by atoms with van der Waals surface area (Å²) in [5.41, 5.74) is 0. The van der Waals surface area contributed by atoms with Gasteiger partial charge in [-0.1, -0.05) is 39.0 Å². The lowest BCUT2D eigenvalue weighted by Crippen LogP contribution is -2.05. The highest BCUT2D eigenvalue weighted by molar-refractivity contribution is 4.76. The van der Waals surface area contributed by atoms with Crippen LogP contribution >= 0.6 is 0 Å². The molecule has 0 aromatic rings. The molecule has 0 N–H and O–H groups in total. The van der Waals surface area contributed by atoms with Crippen molar-refractivity contribution in [2.45, 2.75) is 45.4 Å². The van der Waals surface area contributed by atoms with E-state index in [4.69, 9.17) is 0 Å². The quantitative estimate of drug-likeness (QED) is 0.531. The van der Waals surface area contributed by atoms with Gasteiger partial charge in [0.05, 0.1) is 0 Å². The Kier molecular flexibility index (Phi) is 3.10. The molecule has 1 fully saturated rings. The molecule has 1 saturated carbocycles. The van der Waals surface area contributed by atoms with Crippen molar-refractivity contribution < 1.29 is 0 Å². The van der Waals surface area contributed by atoms with Gasteiger partial charge in [0.25, 0.3) is 0 Å². The molecular formula is C9H17. The third kappa shape index (κ3) is 2.38. The van der Waals surface area contributed by atoms with Crippen LogP contribution in [0.3, 0.4) is 0 Å². The zero-order valence-corrected chi connectivity index (χ0v) is 6.40. The molecule has 0 heteroatoms. The molecular weight excluding hydrogens is 108 g/mol. The lowest BCUT2D eigenvalue weighted by Gasteiger charge is -2.19. The van der Waals surface area contributed by atoms with Crippen molar-refractivity contribution in [2.24, 2.45) is 5.92 Å². The van der Waals surface area contributed by atoms with E-state index in [-0.39, 0.29) is 0 Å². The number of hydrogen-bond acceptors (Lipinski definition) is 0. The smallest absolute Gasteiger partial charge is 0.0383 e. The number of hydrogen-bond donors (Lipinski definition) is 0. The van der Waals surface area contributed by atoms with Crippen molar-refractivity contribution in [3.8, 4) is 0 Å². The van der Waals surface area contributed by atoms with E-state index in [1.54, 1.807) is 0 Å². The summed E-state index contributed by atoms with van der Waals surface area (Å²) in [6.45, 7) is 2.29. The van der Waals surface area contributed by atoms with Crippen molar-refractivity contribution in [1.29, 1.82) is 0 Å². The summed E-state index contributed by atoms with van der Waals surface area (Å²) < 4.78 is 0. The van der Waals surface area contributed by atoms with Crippen LogP contribution in [0.4, 0.5) is 0 Å². The molecule has 0 nitrogen and oxygen atoms in total. The van der Waals surface area contributed by atoms with Crippen molar-refractivity contribution in [3.63, 3.8) is 0 Å². The topological polar surface area (TPSA) is 0 Å². The second kappa shape index (κ2) is 3.92. The SMILES string of the molecule is CCCC1C[CH]CCC1. The molecule has 1 aliphatic carbocycles. The van der Waals surface area contributed by atoms with Crippen LogP contribution in [0.5, 0.6) is 0 Å². The first-order valence-corrected chi connectivity index (χ1v) is 4.25. The maximum Gasteiger partial charge on any atom is -0.0383 e. The fraction of sp³-hybridized carbons (Fsp3) is 0.889. The summed E-state index contributed by atoms with van der Waals surface area (Å²) in [7, 11) is 0. The molecule has 1 unspecified atom stereocenters. The molecule has 0 bridgehead atoms. The van der Waals surface area contributed by atoms with Crippen LogP contribution < -0.4 is 0 Å². The van der Waals surface area contributed by atoms with Gasteiger partial charge in [0, 0.05) is 0 Å². The molecule has 9 heavy (non-hydrogen) atoms. The molecule has 0 heterocycles. The molecule has 0 aliphatic heterocycles. The Morgan fingerprint density at radius 2 is 2.44 bits per heavy atom. The number of rotatable bonds is 2. The van der Waals surface area contributed by atoms with Crippen LogP contribution in [0.15, 0.2) is 0 Å². The van der Waals surface area contributed by atoms with E-state index >= 15 is 0 Å². The first-order valence-electron chi connectivity index (χ1n) is 4.25. The van der Waals surface area contributed by atoms with E-state index < -0.39 is 0 Å². The van der Waals surface area contributed by atoms with Gasteiger partial charge in [0.1, 0.15) is 0 Å². The van der Waals surface area contributed by atoms with Crippen LogP contribution in [0.25, 0.3) is 0 Å². The predicted molar refractivity (Wildman–Crippen MR) is 41.2 cm³/mol. The molecule has 1 radical (unpaired) electrons. The summed E-state index contributed by atoms with van der Waals surface area (Å²) in [6.07, 6.45) is 11.0. The highest BCUT2D eigenvalue weighted by atomic mass is 14.2. The fourth-order valence-corrected chi connectivity index (χ4v) is 1.69. The third-order valence-electron chi connectivity index (χ3n) is 2.22. The molecule has 1 rings (SSSR count). The fourth-order valence-electron chi connectivity index (χ4n) is 1.69. The molecule has 0 spiro atoms. The van der Waals surface area contributed by atoms with Crippen molar-refractivity contribution >= 4 is 0 Å². The Hall–Kier alpha value is 0.